The second-order valence-corrected chi connectivity index (χ2v) is 8.98. The molecule has 1 fully saturated rings. The van der Waals surface area contributed by atoms with Crippen LogP contribution in [0.2, 0.25) is 0 Å². The molecule has 0 spiro atoms. The van der Waals surface area contributed by atoms with E-state index in [2.05, 4.69) is 37.7 Å². The molecule has 3 aromatic heterocycles. The molecule has 1 aliphatic heterocycles. The fourth-order valence-electron chi connectivity index (χ4n) is 4.84. The van der Waals surface area contributed by atoms with Gasteiger partial charge in [0, 0.05) is 29.5 Å². The van der Waals surface area contributed by atoms with Crippen molar-refractivity contribution in [2.75, 3.05) is 0 Å². The van der Waals surface area contributed by atoms with Gasteiger partial charge in [-0.3, -0.25) is 9.97 Å². The van der Waals surface area contributed by atoms with E-state index in [1.807, 2.05) is 49.4 Å². The third-order valence-electron chi connectivity index (χ3n) is 6.40. The Hall–Kier alpha value is -4.04. The molecule has 2 unspecified atom stereocenters. The Labute approximate surface area is 209 Å². The molecule has 8 heteroatoms. The number of thiocarbonyl (C=S) groups is 1. The molecule has 2 N–H and O–H groups in total. The monoisotopic (exact) mass is 483 g/mol. The summed E-state index contributed by atoms with van der Waals surface area (Å²) in [7, 11) is 0. The van der Waals surface area contributed by atoms with Gasteiger partial charge in [0.1, 0.15) is 0 Å². The van der Waals surface area contributed by atoms with E-state index >= 15 is 0 Å². The zero-order valence-corrected chi connectivity index (χ0v) is 20.2. The quantitative estimate of drug-likeness (QED) is 0.383. The largest absolute Gasteiger partial charge is 0.478 e. The van der Waals surface area contributed by atoms with Crippen LogP contribution >= 0.6 is 12.2 Å². The molecular formula is C27H25N5O2S. The van der Waals surface area contributed by atoms with Crippen molar-refractivity contribution in [3.8, 4) is 5.69 Å². The van der Waals surface area contributed by atoms with Crippen LogP contribution < -0.4 is 5.32 Å². The van der Waals surface area contributed by atoms with Crippen LogP contribution in [-0.4, -0.2) is 35.6 Å². The lowest BCUT2D eigenvalue weighted by atomic mass is 9.96. The number of nitrogens with zero attached hydrogens (tertiary/aromatic N) is 4. The molecule has 0 bridgehead atoms. The molecule has 0 saturated carbocycles. The first-order chi connectivity index (χ1) is 16.9. The molecule has 2 atom stereocenters. The summed E-state index contributed by atoms with van der Waals surface area (Å²) in [5.41, 5.74) is 6.02. The first kappa shape index (κ1) is 22.7. The Kier molecular flexibility index (Phi) is 6.05. The summed E-state index contributed by atoms with van der Waals surface area (Å²) < 4.78 is 2.09. The van der Waals surface area contributed by atoms with Gasteiger partial charge in [-0.1, -0.05) is 18.2 Å². The van der Waals surface area contributed by atoms with Gasteiger partial charge in [-0.25, -0.2) is 4.79 Å². The molecule has 5 rings (SSSR count). The highest BCUT2D eigenvalue weighted by atomic mass is 32.1. The zero-order valence-electron chi connectivity index (χ0n) is 19.4. The summed E-state index contributed by atoms with van der Waals surface area (Å²) in [5, 5.41) is 13.6. The molecule has 0 amide bonds. The number of aromatic carboxylic acids is 1. The minimum atomic E-state index is -0.948. The predicted molar refractivity (Wildman–Crippen MR) is 137 cm³/mol. The van der Waals surface area contributed by atoms with Gasteiger partial charge in [-0.2, -0.15) is 0 Å². The van der Waals surface area contributed by atoms with Crippen LogP contribution in [0.1, 0.15) is 50.8 Å². The highest BCUT2D eigenvalue weighted by molar-refractivity contribution is 7.80. The van der Waals surface area contributed by atoms with Crippen molar-refractivity contribution in [2.24, 2.45) is 0 Å². The number of carboxylic acids is 1. The number of hydrogen-bond donors (Lipinski definition) is 2. The maximum absolute atomic E-state index is 11.6. The number of hydrogen-bond acceptors (Lipinski definition) is 4. The molecule has 7 nitrogen and oxygen atoms in total. The summed E-state index contributed by atoms with van der Waals surface area (Å²) in [6, 6.07) is 20.6. The Morgan fingerprint density at radius 3 is 2.49 bits per heavy atom. The molecule has 4 heterocycles. The Morgan fingerprint density at radius 1 is 1.03 bits per heavy atom. The van der Waals surface area contributed by atoms with E-state index in [9.17, 15) is 9.90 Å². The van der Waals surface area contributed by atoms with Crippen LogP contribution in [-0.2, 0) is 6.54 Å². The van der Waals surface area contributed by atoms with Gasteiger partial charge in [0.25, 0.3) is 0 Å². The minimum Gasteiger partial charge on any atom is -0.478 e. The van der Waals surface area contributed by atoms with Gasteiger partial charge in [0.2, 0.25) is 0 Å². The lowest BCUT2D eigenvalue weighted by Crippen LogP contribution is -2.29. The summed E-state index contributed by atoms with van der Waals surface area (Å²) >= 11 is 5.80. The number of benzene rings is 1. The van der Waals surface area contributed by atoms with Crippen molar-refractivity contribution in [1.82, 2.24) is 24.8 Å². The van der Waals surface area contributed by atoms with Crippen LogP contribution in [0.25, 0.3) is 5.69 Å². The Morgan fingerprint density at radius 2 is 1.80 bits per heavy atom. The highest BCUT2D eigenvalue weighted by Crippen LogP contribution is 2.42. The van der Waals surface area contributed by atoms with E-state index in [1.165, 1.54) is 0 Å². The van der Waals surface area contributed by atoms with Crippen molar-refractivity contribution < 1.29 is 9.90 Å². The summed E-state index contributed by atoms with van der Waals surface area (Å²) in [4.78, 5) is 22.9. The third-order valence-corrected chi connectivity index (χ3v) is 6.75. The first-order valence-electron chi connectivity index (χ1n) is 11.3. The molecule has 4 aromatic rings. The van der Waals surface area contributed by atoms with E-state index in [1.54, 1.807) is 30.6 Å². The summed E-state index contributed by atoms with van der Waals surface area (Å²) in [5.74, 6) is -0.948. The topological polar surface area (TPSA) is 83.3 Å². The van der Waals surface area contributed by atoms with E-state index in [0.717, 1.165) is 34.0 Å². The molecule has 35 heavy (non-hydrogen) atoms. The minimum absolute atomic E-state index is 0.123. The number of carbonyl (C=O) groups is 1. The van der Waals surface area contributed by atoms with E-state index in [-0.39, 0.29) is 17.6 Å². The van der Waals surface area contributed by atoms with Gasteiger partial charge >= 0.3 is 5.97 Å². The van der Waals surface area contributed by atoms with Crippen molar-refractivity contribution in [3.63, 3.8) is 0 Å². The average Bonchev–Trinajstić information content (AvgIpc) is 3.35. The fraction of sp³-hybridized carbons (Fsp3) is 0.185. The predicted octanol–water partition coefficient (Wildman–Crippen LogP) is 4.76. The number of carboxylic acid groups (broad SMARTS) is 1. The van der Waals surface area contributed by atoms with Crippen LogP contribution in [0.5, 0.6) is 0 Å². The van der Waals surface area contributed by atoms with Crippen LogP contribution in [0.4, 0.5) is 0 Å². The first-order valence-corrected chi connectivity index (χ1v) is 11.8. The van der Waals surface area contributed by atoms with Gasteiger partial charge in [0.05, 0.1) is 35.6 Å². The van der Waals surface area contributed by atoms with Crippen molar-refractivity contribution in [3.05, 3.63) is 113 Å². The molecule has 0 radical (unpaired) electrons. The van der Waals surface area contributed by atoms with Crippen LogP contribution in [0, 0.1) is 13.8 Å². The molecular weight excluding hydrogens is 458 g/mol. The molecule has 1 saturated heterocycles. The van der Waals surface area contributed by atoms with Gasteiger partial charge in [0.15, 0.2) is 5.11 Å². The fourth-order valence-corrected chi connectivity index (χ4v) is 5.15. The second kappa shape index (κ2) is 9.31. The van der Waals surface area contributed by atoms with Crippen molar-refractivity contribution in [1.29, 1.82) is 0 Å². The molecule has 1 aromatic carbocycles. The maximum atomic E-state index is 11.6. The molecule has 1 aliphatic rings. The van der Waals surface area contributed by atoms with Gasteiger partial charge in [-0.05, 0) is 80.2 Å². The third kappa shape index (κ3) is 4.28. The molecule has 0 aliphatic carbocycles. The smallest absolute Gasteiger partial charge is 0.335 e. The summed E-state index contributed by atoms with van der Waals surface area (Å²) in [6.07, 6.45) is 3.58. The number of pyridine rings is 2. The number of nitrogens with one attached hydrogen (secondary N) is 1. The summed E-state index contributed by atoms with van der Waals surface area (Å²) in [6.45, 7) is 4.65. The van der Waals surface area contributed by atoms with E-state index < -0.39 is 5.97 Å². The lowest BCUT2D eigenvalue weighted by molar-refractivity contribution is 0.0697. The lowest BCUT2D eigenvalue weighted by Gasteiger charge is -2.28. The standard InChI is InChI=1S/C27H25N5O2S/c1-17-14-22(18(2)32(17)21-10-7-8-19(15-21)26(33)34)25-24(23-11-4-6-13-29-23)30-27(35)31(25)16-20-9-3-5-12-28-20/h3-15,24-25H,16H2,1-2H3,(H,30,35)(H,33,34). The second-order valence-electron chi connectivity index (χ2n) is 8.59. The SMILES string of the molecule is Cc1cc(C2C(c3ccccn3)NC(=S)N2Cc2ccccn2)c(C)n1-c1cccc(C(=O)O)c1. The number of rotatable bonds is 6. The number of aromatic nitrogens is 3. The van der Waals surface area contributed by atoms with E-state index in [0.29, 0.717) is 11.7 Å². The van der Waals surface area contributed by atoms with Gasteiger partial charge < -0.3 is 19.9 Å². The van der Waals surface area contributed by atoms with Crippen molar-refractivity contribution in [2.45, 2.75) is 32.5 Å². The highest BCUT2D eigenvalue weighted by Gasteiger charge is 2.41. The zero-order chi connectivity index (χ0) is 24.5. The number of aryl methyl sites for hydroxylation is 1. The van der Waals surface area contributed by atoms with Crippen LogP contribution in [0.3, 0.4) is 0 Å². The van der Waals surface area contributed by atoms with Crippen LogP contribution in [0.15, 0.2) is 79.1 Å². The Balaban J connectivity index is 1.62. The van der Waals surface area contributed by atoms with E-state index in [4.69, 9.17) is 12.2 Å². The van der Waals surface area contributed by atoms with Crippen molar-refractivity contribution >= 4 is 23.3 Å². The Bertz CT molecular complexity index is 1390. The molecule has 176 valence electrons. The normalized spacial score (nSPS) is 17.4. The van der Waals surface area contributed by atoms with Gasteiger partial charge in [-0.15, -0.1) is 0 Å². The maximum Gasteiger partial charge on any atom is 0.335 e. The average molecular weight is 484 g/mol.